The predicted molar refractivity (Wildman–Crippen MR) is 65.3 cm³/mol. The number of H-pyrrole nitrogens is 1. The number of imidazole rings is 1. The Bertz CT molecular complexity index is 464. The summed E-state index contributed by atoms with van der Waals surface area (Å²) in [4.78, 5) is 7.05. The van der Waals surface area contributed by atoms with Gasteiger partial charge >= 0.3 is 0 Å². The van der Waals surface area contributed by atoms with E-state index in [9.17, 15) is 4.39 Å². The molecule has 0 aliphatic heterocycles. The van der Waals surface area contributed by atoms with Gasteiger partial charge in [-0.25, -0.2) is 9.37 Å². The number of rotatable bonds is 4. The summed E-state index contributed by atoms with van der Waals surface area (Å²) in [7, 11) is 0. The number of aromatic nitrogens is 2. The van der Waals surface area contributed by atoms with Gasteiger partial charge in [-0.15, -0.1) is 0 Å². The van der Waals surface area contributed by atoms with Gasteiger partial charge in [0.2, 0.25) is 0 Å². The fraction of sp³-hybridized carbons (Fsp3) is 0.250. The monoisotopic (exact) mass is 253 g/mol. The standard InChI is InChI=1S/C12H13ClFN3/c1-8(17-7-11-15-5-6-16-11)12-9(13)3-2-4-10(12)14/h2-6,8,17H,7H2,1H3,(H,15,16)/t8-/m1/s1. The van der Waals surface area contributed by atoms with Crippen LogP contribution in [0.1, 0.15) is 24.4 Å². The van der Waals surface area contributed by atoms with E-state index >= 15 is 0 Å². The summed E-state index contributed by atoms with van der Waals surface area (Å²) < 4.78 is 13.6. The molecule has 0 saturated heterocycles. The number of benzene rings is 1. The highest BCUT2D eigenvalue weighted by Crippen LogP contribution is 2.25. The molecule has 2 rings (SSSR count). The summed E-state index contributed by atoms with van der Waals surface area (Å²) in [5.41, 5.74) is 0.487. The predicted octanol–water partition coefficient (Wildman–Crippen LogP) is 3.05. The first-order chi connectivity index (χ1) is 8.18. The summed E-state index contributed by atoms with van der Waals surface area (Å²) in [6, 6.07) is 4.52. The second-order valence-corrected chi connectivity index (χ2v) is 4.18. The summed E-state index contributed by atoms with van der Waals surface area (Å²) in [5, 5.41) is 3.60. The Hall–Kier alpha value is -1.39. The zero-order valence-corrected chi connectivity index (χ0v) is 10.1. The van der Waals surface area contributed by atoms with E-state index in [4.69, 9.17) is 11.6 Å². The van der Waals surface area contributed by atoms with Crippen LogP contribution in [0.2, 0.25) is 5.02 Å². The van der Waals surface area contributed by atoms with Crippen LogP contribution in [0, 0.1) is 5.82 Å². The first kappa shape index (κ1) is 12.1. The molecule has 1 heterocycles. The van der Waals surface area contributed by atoms with Gasteiger partial charge in [0.15, 0.2) is 0 Å². The zero-order valence-electron chi connectivity index (χ0n) is 9.37. The van der Waals surface area contributed by atoms with Gasteiger partial charge in [0.1, 0.15) is 11.6 Å². The molecule has 2 N–H and O–H groups in total. The van der Waals surface area contributed by atoms with Gasteiger partial charge in [-0.3, -0.25) is 0 Å². The number of nitrogens with zero attached hydrogens (tertiary/aromatic N) is 1. The van der Waals surface area contributed by atoms with Gasteiger partial charge < -0.3 is 10.3 Å². The van der Waals surface area contributed by atoms with Crippen LogP contribution < -0.4 is 5.32 Å². The molecule has 5 heteroatoms. The molecule has 0 radical (unpaired) electrons. The van der Waals surface area contributed by atoms with Crippen LogP contribution in [0.5, 0.6) is 0 Å². The van der Waals surface area contributed by atoms with Crippen LogP contribution in [0.4, 0.5) is 4.39 Å². The Kier molecular flexibility index (Phi) is 3.76. The lowest BCUT2D eigenvalue weighted by atomic mass is 10.1. The topological polar surface area (TPSA) is 40.7 Å². The minimum absolute atomic E-state index is 0.172. The fourth-order valence-electron chi connectivity index (χ4n) is 1.67. The quantitative estimate of drug-likeness (QED) is 0.879. The third kappa shape index (κ3) is 2.84. The summed E-state index contributed by atoms with van der Waals surface area (Å²) in [6.45, 7) is 2.41. The second-order valence-electron chi connectivity index (χ2n) is 3.77. The van der Waals surface area contributed by atoms with Crippen LogP contribution >= 0.6 is 11.6 Å². The molecule has 2 aromatic rings. The van der Waals surface area contributed by atoms with E-state index in [1.807, 2.05) is 6.92 Å². The van der Waals surface area contributed by atoms with Crippen molar-refractivity contribution in [3.63, 3.8) is 0 Å². The number of halogens is 2. The minimum atomic E-state index is -0.294. The second kappa shape index (κ2) is 5.29. The van der Waals surface area contributed by atoms with Crippen molar-refractivity contribution < 1.29 is 4.39 Å². The zero-order chi connectivity index (χ0) is 12.3. The van der Waals surface area contributed by atoms with E-state index in [1.165, 1.54) is 6.07 Å². The largest absolute Gasteiger partial charge is 0.348 e. The molecule has 0 aliphatic carbocycles. The molecule has 1 aromatic carbocycles. The van der Waals surface area contributed by atoms with E-state index in [-0.39, 0.29) is 11.9 Å². The molecule has 0 amide bonds. The summed E-state index contributed by atoms with van der Waals surface area (Å²) in [5.74, 6) is 0.515. The number of hydrogen-bond donors (Lipinski definition) is 2. The third-order valence-corrected chi connectivity index (χ3v) is 2.89. The first-order valence-corrected chi connectivity index (χ1v) is 5.72. The number of aromatic amines is 1. The van der Waals surface area contributed by atoms with Crippen LogP contribution in [0.3, 0.4) is 0 Å². The smallest absolute Gasteiger partial charge is 0.129 e. The maximum atomic E-state index is 13.6. The Morgan fingerprint density at radius 1 is 1.53 bits per heavy atom. The maximum absolute atomic E-state index is 13.6. The lowest BCUT2D eigenvalue weighted by Gasteiger charge is -2.15. The number of hydrogen-bond acceptors (Lipinski definition) is 2. The van der Waals surface area contributed by atoms with Crippen molar-refractivity contribution in [3.8, 4) is 0 Å². The molecule has 0 aliphatic rings. The van der Waals surface area contributed by atoms with Gasteiger partial charge in [-0.2, -0.15) is 0 Å². The van der Waals surface area contributed by atoms with E-state index in [0.29, 0.717) is 17.1 Å². The molecular weight excluding hydrogens is 241 g/mol. The Morgan fingerprint density at radius 3 is 3.00 bits per heavy atom. The minimum Gasteiger partial charge on any atom is -0.348 e. The molecule has 0 unspecified atom stereocenters. The molecule has 0 bridgehead atoms. The summed E-state index contributed by atoms with van der Waals surface area (Å²) in [6.07, 6.45) is 3.43. The lowest BCUT2D eigenvalue weighted by Crippen LogP contribution is -2.20. The Labute approximate surface area is 104 Å². The van der Waals surface area contributed by atoms with E-state index < -0.39 is 0 Å². The molecule has 1 atom stereocenters. The van der Waals surface area contributed by atoms with Gasteiger partial charge in [-0.05, 0) is 19.1 Å². The number of nitrogens with one attached hydrogen (secondary N) is 2. The highest BCUT2D eigenvalue weighted by atomic mass is 35.5. The van der Waals surface area contributed by atoms with Crippen molar-refractivity contribution in [1.82, 2.24) is 15.3 Å². The van der Waals surface area contributed by atoms with Crippen LogP contribution in [0.25, 0.3) is 0 Å². The fourth-order valence-corrected chi connectivity index (χ4v) is 2.00. The molecule has 90 valence electrons. The van der Waals surface area contributed by atoms with Crippen molar-refractivity contribution in [2.75, 3.05) is 0 Å². The van der Waals surface area contributed by atoms with Gasteiger partial charge in [-0.1, -0.05) is 17.7 Å². The third-order valence-electron chi connectivity index (χ3n) is 2.56. The average Bonchev–Trinajstić information content (AvgIpc) is 2.79. The van der Waals surface area contributed by atoms with Gasteiger partial charge in [0.05, 0.1) is 6.54 Å². The van der Waals surface area contributed by atoms with Crippen molar-refractivity contribution in [1.29, 1.82) is 0 Å². The Balaban J connectivity index is 2.07. The van der Waals surface area contributed by atoms with Crippen molar-refractivity contribution >= 4 is 11.6 Å². The van der Waals surface area contributed by atoms with Crippen LogP contribution in [0.15, 0.2) is 30.6 Å². The molecule has 0 saturated carbocycles. The molecule has 0 spiro atoms. The highest BCUT2D eigenvalue weighted by molar-refractivity contribution is 6.31. The van der Waals surface area contributed by atoms with Crippen molar-refractivity contribution in [2.45, 2.75) is 19.5 Å². The molecule has 3 nitrogen and oxygen atoms in total. The van der Waals surface area contributed by atoms with E-state index in [2.05, 4.69) is 15.3 Å². The van der Waals surface area contributed by atoms with Gasteiger partial charge in [0, 0.05) is 29.0 Å². The van der Waals surface area contributed by atoms with Crippen LogP contribution in [-0.4, -0.2) is 9.97 Å². The van der Waals surface area contributed by atoms with E-state index in [1.54, 1.807) is 24.5 Å². The van der Waals surface area contributed by atoms with E-state index in [0.717, 1.165) is 5.82 Å². The van der Waals surface area contributed by atoms with Crippen molar-refractivity contribution in [3.05, 3.63) is 52.8 Å². The normalized spacial score (nSPS) is 12.6. The lowest BCUT2D eigenvalue weighted by molar-refractivity contribution is 0.521. The molecule has 0 fully saturated rings. The highest BCUT2D eigenvalue weighted by Gasteiger charge is 2.14. The first-order valence-electron chi connectivity index (χ1n) is 5.34. The maximum Gasteiger partial charge on any atom is 0.129 e. The SMILES string of the molecule is C[C@@H](NCc1ncc[nH]1)c1c(F)cccc1Cl. The average molecular weight is 254 g/mol. The van der Waals surface area contributed by atoms with Crippen molar-refractivity contribution in [2.24, 2.45) is 0 Å². The molecule has 17 heavy (non-hydrogen) atoms. The van der Waals surface area contributed by atoms with Crippen LogP contribution in [-0.2, 0) is 6.54 Å². The molecular formula is C12H13ClFN3. The van der Waals surface area contributed by atoms with Gasteiger partial charge in [0.25, 0.3) is 0 Å². The molecule has 1 aromatic heterocycles. The summed E-state index contributed by atoms with van der Waals surface area (Å²) >= 11 is 5.98. The Morgan fingerprint density at radius 2 is 2.35 bits per heavy atom.